The summed E-state index contributed by atoms with van der Waals surface area (Å²) in [6.07, 6.45) is -0.599. The Hall–Kier alpha value is -1.47. The van der Waals surface area contributed by atoms with Gasteiger partial charge in [0.25, 0.3) is 11.6 Å². The average molecular weight is 317 g/mol. The highest BCUT2D eigenvalue weighted by Crippen LogP contribution is 2.27. The summed E-state index contributed by atoms with van der Waals surface area (Å²) < 4.78 is 5.49. The van der Waals surface area contributed by atoms with E-state index in [0.717, 1.165) is 0 Å². The molecule has 7 heteroatoms. The molecule has 0 aliphatic rings. The Labute approximate surface area is 113 Å². The van der Waals surface area contributed by atoms with Crippen molar-refractivity contribution in [3.05, 3.63) is 32.8 Å². The third-order valence-electron chi connectivity index (χ3n) is 2.20. The molecule has 98 valence electrons. The van der Waals surface area contributed by atoms with E-state index >= 15 is 0 Å². The van der Waals surface area contributed by atoms with Crippen molar-refractivity contribution < 1.29 is 14.5 Å². The van der Waals surface area contributed by atoms with Crippen LogP contribution in [0.15, 0.2) is 22.7 Å². The highest BCUT2D eigenvalue weighted by Gasteiger charge is 2.16. The lowest BCUT2D eigenvalue weighted by Gasteiger charge is -2.12. The number of nitro benzene ring substituents is 1. The molecule has 0 radical (unpaired) electrons. The fourth-order valence-corrected chi connectivity index (χ4v) is 1.69. The number of rotatable bonds is 5. The molecule has 1 aromatic rings. The molecule has 6 nitrogen and oxygen atoms in total. The minimum absolute atomic E-state index is 0.100. The molecular formula is C11H13BrN2O4. The van der Waals surface area contributed by atoms with Gasteiger partial charge in [-0.25, -0.2) is 0 Å². The van der Waals surface area contributed by atoms with Gasteiger partial charge in [-0.2, -0.15) is 0 Å². The Morgan fingerprint density at radius 2 is 2.28 bits per heavy atom. The number of hydrogen-bond donors (Lipinski definition) is 1. The van der Waals surface area contributed by atoms with E-state index < -0.39 is 11.0 Å². The normalized spacial score (nSPS) is 11.9. The van der Waals surface area contributed by atoms with Crippen molar-refractivity contribution in [1.82, 2.24) is 0 Å². The lowest BCUT2D eigenvalue weighted by Crippen LogP contribution is -2.27. The maximum atomic E-state index is 11.7. The van der Waals surface area contributed by atoms with Crippen molar-refractivity contribution in [3.63, 3.8) is 0 Å². The molecule has 1 N–H and O–H groups in total. The van der Waals surface area contributed by atoms with Gasteiger partial charge in [0.2, 0.25) is 0 Å². The Kier molecular flexibility index (Phi) is 5.24. The van der Waals surface area contributed by atoms with Gasteiger partial charge < -0.3 is 10.1 Å². The predicted octanol–water partition coefficient (Wildman–Crippen LogP) is 2.72. The van der Waals surface area contributed by atoms with E-state index in [1.54, 1.807) is 19.9 Å². The van der Waals surface area contributed by atoms with Crippen LogP contribution < -0.4 is 5.32 Å². The zero-order valence-electron chi connectivity index (χ0n) is 9.97. The number of nitro groups is 1. The molecule has 0 saturated carbocycles. The molecule has 1 atom stereocenters. The average Bonchev–Trinajstić information content (AvgIpc) is 2.31. The quantitative estimate of drug-likeness (QED) is 0.669. The van der Waals surface area contributed by atoms with Crippen LogP contribution in [-0.2, 0) is 9.53 Å². The van der Waals surface area contributed by atoms with E-state index in [0.29, 0.717) is 16.8 Å². The highest BCUT2D eigenvalue weighted by atomic mass is 79.9. The van der Waals surface area contributed by atoms with Crippen LogP contribution in [0.1, 0.15) is 13.8 Å². The van der Waals surface area contributed by atoms with E-state index in [1.807, 2.05) is 0 Å². The molecule has 1 aromatic carbocycles. The minimum Gasteiger partial charge on any atom is -0.369 e. The van der Waals surface area contributed by atoms with Gasteiger partial charge in [0.1, 0.15) is 6.10 Å². The van der Waals surface area contributed by atoms with E-state index in [2.05, 4.69) is 21.2 Å². The number of anilines is 1. The van der Waals surface area contributed by atoms with Gasteiger partial charge in [-0.1, -0.05) is 0 Å². The van der Waals surface area contributed by atoms with Gasteiger partial charge in [0.05, 0.1) is 9.40 Å². The molecule has 0 unspecified atom stereocenters. The Balaban J connectivity index is 2.82. The van der Waals surface area contributed by atoms with Crippen molar-refractivity contribution in [3.8, 4) is 0 Å². The summed E-state index contributed by atoms with van der Waals surface area (Å²) in [6, 6.07) is 4.38. The fraction of sp³-hybridized carbons (Fsp3) is 0.364. The number of benzene rings is 1. The molecule has 0 aliphatic carbocycles. The Morgan fingerprint density at radius 1 is 1.61 bits per heavy atom. The predicted molar refractivity (Wildman–Crippen MR) is 70.5 cm³/mol. The van der Waals surface area contributed by atoms with Gasteiger partial charge in [-0.15, -0.1) is 0 Å². The number of ether oxygens (including phenoxy) is 1. The summed E-state index contributed by atoms with van der Waals surface area (Å²) in [5.74, 6) is -0.339. The van der Waals surface area contributed by atoms with Crippen LogP contribution in [0.5, 0.6) is 0 Å². The highest BCUT2D eigenvalue weighted by molar-refractivity contribution is 9.10. The standard InChI is InChI=1S/C11H13BrN2O4/c1-3-18-7(2)11(15)13-8-4-5-9(12)10(6-8)14(16)17/h4-7H,3H2,1-2H3,(H,13,15)/t7-/m0/s1. The number of amides is 1. The number of halogens is 1. The van der Waals surface area contributed by atoms with Gasteiger partial charge in [0, 0.05) is 18.4 Å². The number of carbonyl (C=O) groups excluding carboxylic acids is 1. The van der Waals surface area contributed by atoms with Gasteiger partial charge in [0.15, 0.2) is 0 Å². The third kappa shape index (κ3) is 3.78. The van der Waals surface area contributed by atoms with Gasteiger partial charge in [-0.05, 0) is 41.9 Å². The van der Waals surface area contributed by atoms with Crippen LogP contribution in [0.25, 0.3) is 0 Å². The van der Waals surface area contributed by atoms with Crippen molar-refractivity contribution in [1.29, 1.82) is 0 Å². The molecule has 0 bridgehead atoms. The molecule has 0 spiro atoms. The number of nitrogens with one attached hydrogen (secondary N) is 1. The first kappa shape index (κ1) is 14.6. The van der Waals surface area contributed by atoms with Crippen LogP contribution in [0.2, 0.25) is 0 Å². The van der Waals surface area contributed by atoms with Gasteiger partial charge >= 0.3 is 0 Å². The Bertz CT molecular complexity index is 464. The van der Waals surface area contributed by atoms with Crippen LogP contribution in [0, 0.1) is 10.1 Å². The molecule has 1 rings (SSSR count). The SMILES string of the molecule is CCO[C@@H](C)C(=O)Nc1ccc(Br)c([N+](=O)[O-])c1. The van der Waals surface area contributed by atoms with Crippen molar-refractivity contribution in [2.45, 2.75) is 20.0 Å². The summed E-state index contributed by atoms with van der Waals surface area (Å²) in [7, 11) is 0. The number of hydrogen-bond acceptors (Lipinski definition) is 4. The molecular weight excluding hydrogens is 304 g/mol. The minimum atomic E-state index is -0.599. The molecule has 0 heterocycles. The number of nitrogens with zero attached hydrogens (tertiary/aromatic N) is 1. The molecule has 0 aliphatic heterocycles. The second-order valence-electron chi connectivity index (χ2n) is 3.51. The summed E-state index contributed by atoms with van der Waals surface area (Å²) in [6.45, 7) is 3.83. The zero-order chi connectivity index (χ0) is 13.7. The molecule has 0 saturated heterocycles. The second-order valence-corrected chi connectivity index (χ2v) is 4.36. The van der Waals surface area contributed by atoms with Gasteiger partial charge in [-0.3, -0.25) is 14.9 Å². The molecule has 1 amide bonds. The topological polar surface area (TPSA) is 81.5 Å². The molecule has 0 aromatic heterocycles. The maximum absolute atomic E-state index is 11.7. The second kappa shape index (κ2) is 6.46. The summed E-state index contributed by atoms with van der Waals surface area (Å²) in [5, 5.41) is 13.3. The van der Waals surface area contributed by atoms with Crippen LogP contribution in [-0.4, -0.2) is 23.5 Å². The molecule has 0 fully saturated rings. The molecule has 18 heavy (non-hydrogen) atoms. The van der Waals surface area contributed by atoms with Crippen LogP contribution >= 0.6 is 15.9 Å². The first-order chi connectivity index (χ1) is 8.45. The maximum Gasteiger partial charge on any atom is 0.285 e. The van der Waals surface area contributed by atoms with E-state index in [4.69, 9.17) is 4.74 Å². The van der Waals surface area contributed by atoms with Crippen LogP contribution in [0.4, 0.5) is 11.4 Å². The first-order valence-electron chi connectivity index (χ1n) is 5.32. The van der Waals surface area contributed by atoms with Crippen LogP contribution in [0.3, 0.4) is 0 Å². The van der Waals surface area contributed by atoms with Crippen molar-refractivity contribution in [2.24, 2.45) is 0 Å². The summed E-state index contributed by atoms with van der Waals surface area (Å²) in [4.78, 5) is 21.9. The zero-order valence-corrected chi connectivity index (χ0v) is 11.6. The largest absolute Gasteiger partial charge is 0.369 e. The first-order valence-corrected chi connectivity index (χ1v) is 6.11. The lowest BCUT2D eigenvalue weighted by atomic mass is 10.2. The smallest absolute Gasteiger partial charge is 0.285 e. The van der Waals surface area contributed by atoms with E-state index in [1.165, 1.54) is 12.1 Å². The van der Waals surface area contributed by atoms with Crippen molar-refractivity contribution >= 4 is 33.2 Å². The monoisotopic (exact) mass is 316 g/mol. The van der Waals surface area contributed by atoms with Crippen molar-refractivity contribution in [2.75, 3.05) is 11.9 Å². The summed E-state index contributed by atoms with van der Waals surface area (Å²) >= 11 is 3.07. The summed E-state index contributed by atoms with van der Waals surface area (Å²) in [5.41, 5.74) is 0.262. The number of carbonyl (C=O) groups is 1. The van der Waals surface area contributed by atoms with E-state index in [-0.39, 0.29) is 11.6 Å². The Morgan fingerprint density at radius 3 is 2.83 bits per heavy atom. The van der Waals surface area contributed by atoms with E-state index in [9.17, 15) is 14.9 Å². The fourth-order valence-electron chi connectivity index (χ4n) is 1.30. The third-order valence-corrected chi connectivity index (χ3v) is 2.87. The lowest BCUT2D eigenvalue weighted by molar-refractivity contribution is -0.385.